The van der Waals surface area contributed by atoms with Crippen molar-refractivity contribution in [3.8, 4) is 0 Å². The average molecular weight is 207 g/mol. The first kappa shape index (κ1) is 13.0. The summed E-state index contributed by atoms with van der Waals surface area (Å²) >= 11 is 0. The monoisotopic (exact) mass is 207 g/mol. The third-order valence-electron chi connectivity index (χ3n) is 1.51. The molecule has 0 aromatic rings. The molecule has 0 aromatic heterocycles. The van der Waals surface area contributed by atoms with Crippen LogP contribution in [0.15, 0.2) is 36.5 Å². The first-order valence-electron chi connectivity index (χ1n) is 4.34. The largest absolute Gasteiger partial charge is 0.345 e. The predicted molar refractivity (Wildman–Crippen MR) is 57.2 cm³/mol. The quantitative estimate of drug-likeness (QED) is 0.299. The zero-order valence-electron chi connectivity index (χ0n) is 8.53. The number of rotatable bonds is 6. The summed E-state index contributed by atoms with van der Waals surface area (Å²) in [5.74, 6) is -1.03. The van der Waals surface area contributed by atoms with Crippen LogP contribution in [0.1, 0.15) is 6.92 Å². The molecule has 0 atom stereocenters. The summed E-state index contributed by atoms with van der Waals surface area (Å²) in [6, 6.07) is 0. The van der Waals surface area contributed by atoms with E-state index in [4.69, 9.17) is 0 Å². The van der Waals surface area contributed by atoms with Crippen molar-refractivity contribution >= 4 is 18.0 Å². The van der Waals surface area contributed by atoms with Gasteiger partial charge in [0.2, 0.25) is 11.7 Å². The van der Waals surface area contributed by atoms with Crippen LogP contribution in [0.2, 0.25) is 0 Å². The van der Waals surface area contributed by atoms with Gasteiger partial charge in [-0.05, 0) is 6.92 Å². The van der Waals surface area contributed by atoms with Gasteiger partial charge in [0.15, 0.2) is 6.29 Å². The molecule has 0 saturated carbocycles. The van der Waals surface area contributed by atoms with Crippen LogP contribution in [0.3, 0.4) is 0 Å². The standard InChI is InChI=1S/C11H13NO3/c1-3-4-5-6-9(2)11(15)12-7-10(14)8-13/h3-6,8H,1,7H2,2H3,(H,12,15)/b5-4-,9-6+. The van der Waals surface area contributed by atoms with Crippen LogP contribution in [-0.4, -0.2) is 24.5 Å². The number of ketones is 1. The lowest BCUT2D eigenvalue weighted by molar-refractivity contribution is -0.130. The van der Waals surface area contributed by atoms with Crippen molar-refractivity contribution in [1.29, 1.82) is 0 Å². The van der Waals surface area contributed by atoms with Crippen LogP contribution in [0.25, 0.3) is 0 Å². The van der Waals surface area contributed by atoms with E-state index in [9.17, 15) is 14.4 Å². The van der Waals surface area contributed by atoms with Gasteiger partial charge in [0, 0.05) is 5.57 Å². The van der Waals surface area contributed by atoms with Gasteiger partial charge in [-0.1, -0.05) is 30.9 Å². The maximum atomic E-state index is 11.3. The molecule has 0 saturated heterocycles. The fourth-order valence-corrected chi connectivity index (χ4v) is 0.703. The molecule has 0 bridgehead atoms. The summed E-state index contributed by atoms with van der Waals surface area (Å²) in [6.45, 7) is 4.81. The first-order chi connectivity index (χ1) is 7.11. The SMILES string of the molecule is C=C/C=C\C=C(/C)C(=O)NCC(=O)C=O. The highest BCUT2D eigenvalue weighted by Crippen LogP contribution is 1.92. The van der Waals surface area contributed by atoms with E-state index in [0.29, 0.717) is 5.57 Å². The number of Topliss-reactive ketones (excluding diaryl/α,β-unsaturated/α-hetero) is 1. The molecule has 1 amide bonds. The minimum atomic E-state index is -0.655. The molecular formula is C11H13NO3. The summed E-state index contributed by atoms with van der Waals surface area (Å²) in [5, 5.41) is 2.31. The molecule has 0 aromatic carbocycles. The van der Waals surface area contributed by atoms with E-state index in [1.807, 2.05) is 0 Å². The van der Waals surface area contributed by atoms with Crippen LogP contribution < -0.4 is 5.32 Å². The zero-order valence-corrected chi connectivity index (χ0v) is 8.53. The second-order valence-electron chi connectivity index (χ2n) is 2.74. The second kappa shape index (κ2) is 7.44. The van der Waals surface area contributed by atoms with Gasteiger partial charge in [-0.25, -0.2) is 0 Å². The van der Waals surface area contributed by atoms with E-state index in [2.05, 4.69) is 11.9 Å². The first-order valence-corrected chi connectivity index (χ1v) is 4.34. The van der Waals surface area contributed by atoms with Gasteiger partial charge in [0.05, 0.1) is 6.54 Å². The fourth-order valence-electron chi connectivity index (χ4n) is 0.703. The maximum absolute atomic E-state index is 11.3. The Balaban J connectivity index is 4.15. The van der Waals surface area contributed by atoms with E-state index in [1.54, 1.807) is 31.2 Å². The molecule has 4 nitrogen and oxygen atoms in total. The molecule has 0 spiro atoms. The molecule has 4 heteroatoms. The highest BCUT2D eigenvalue weighted by atomic mass is 16.2. The normalized spacial score (nSPS) is 11.1. The molecule has 0 heterocycles. The predicted octanol–water partition coefficient (Wildman–Crippen LogP) is 0.559. The topological polar surface area (TPSA) is 63.2 Å². The number of nitrogens with one attached hydrogen (secondary N) is 1. The van der Waals surface area contributed by atoms with Crippen molar-refractivity contribution in [2.24, 2.45) is 0 Å². The number of aldehydes is 1. The highest BCUT2D eigenvalue weighted by molar-refractivity contribution is 6.26. The molecular weight excluding hydrogens is 194 g/mol. The number of hydrogen-bond donors (Lipinski definition) is 1. The van der Waals surface area contributed by atoms with Crippen LogP contribution in [0.4, 0.5) is 0 Å². The lowest BCUT2D eigenvalue weighted by Gasteiger charge is -2.00. The van der Waals surface area contributed by atoms with E-state index < -0.39 is 5.78 Å². The Morgan fingerprint density at radius 2 is 2.00 bits per heavy atom. The Bertz CT molecular complexity index is 327. The lowest BCUT2D eigenvalue weighted by atomic mass is 10.2. The van der Waals surface area contributed by atoms with Gasteiger partial charge in [0.25, 0.3) is 0 Å². The molecule has 1 N–H and O–H groups in total. The van der Waals surface area contributed by atoms with Gasteiger partial charge in [-0.15, -0.1) is 0 Å². The number of hydrogen-bond acceptors (Lipinski definition) is 3. The summed E-state index contributed by atoms with van der Waals surface area (Å²) in [5.41, 5.74) is 0.451. The van der Waals surface area contributed by atoms with E-state index in [1.165, 1.54) is 0 Å². The van der Waals surface area contributed by atoms with Crippen molar-refractivity contribution in [2.45, 2.75) is 6.92 Å². The highest BCUT2D eigenvalue weighted by Gasteiger charge is 2.04. The minimum Gasteiger partial charge on any atom is -0.345 e. The fraction of sp³-hybridized carbons (Fsp3) is 0.182. The average Bonchev–Trinajstić information content (AvgIpc) is 2.25. The van der Waals surface area contributed by atoms with Crippen molar-refractivity contribution in [3.63, 3.8) is 0 Å². The Morgan fingerprint density at radius 1 is 1.33 bits per heavy atom. The summed E-state index contributed by atoms with van der Waals surface area (Å²) in [4.78, 5) is 31.8. The number of amides is 1. The Kier molecular flexibility index (Phi) is 6.46. The Labute approximate surface area is 88.4 Å². The van der Waals surface area contributed by atoms with Gasteiger partial charge in [0.1, 0.15) is 0 Å². The Morgan fingerprint density at radius 3 is 2.53 bits per heavy atom. The number of allylic oxidation sites excluding steroid dienone is 4. The van der Waals surface area contributed by atoms with Crippen molar-refractivity contribution < 1.29 is 14.4 Å². The molecule has 0 fully saturated rings. The van der Waals surface area contributed by atoms with Crippen LogP contribution in [0, 0.1) is 0 Å². The van der Waals surface area contributed by atoms with E-state index in [0.717, 1.165) is 0 Å². The smallest absolute Gasteiger partial charge is 0.247 e. The van der Waals surface area contributed by atoms with Gasteiger partial charge >= 0.3 is 0 Å². The minimum absolute atomic E-state index is 0.178. The second-order valence-corrected chi connectivity index (χ2v) is 2.74. The number of carbonyl (C=O) groups is 3. The molecule has 0 aliphatic rings. The molecule has 0 aliphatic carbocycles. The van der Waals surface area contributed by atoms with Gasteiger partial charge < -0.3 is 5.32 Å². The van der Waals surface area contributed by atoms with Crippen molar-refractivity contribution in [2.75, 3.05) is 6.54 Å². The van der Waals surface area contributed by atoms with E-state index in [-0.39, 0.29) is 18.7 Å². The van der Waals surface area contributed by atoms with Crippen molar-refractivity contribution in [1.82, 2.24) is 5.32 Å². The van der Waals surface area contributed by atoms with Gasteiger partial charge in [-0.2, -0.15) is 0 Å². The maximum Gasteiger partial charge on any atom is 0.247 e. The van der Waals surface area contributed by atoms with Crippen molar-refractivity contribution in [3.05, 3.63) is 36.5 Å². The summed E-state index contributed by atoms with van der Waals surface area (Å²) in [7, 11) is 0. The third kappa shape index (κ3) is 6.15. The van der Waals surface area contributed by atoms with E-state index >= 15 is 0 Å². The molecule has 0 radical (unpaired) electrons. The molecule has 0 rings (SSSR count). The van der Waals surface area contributed by atoms with Crippen LogP contribution >= 0.6 is 0 Å². The molecule has 0 unspecified atom stereocenters. The molecule has 15 heavy (non-hydrogen) atoms. The van der Waals surface area contributed by atoms with Crippen LogP contribution in [0.5, 0.6) is 0 Å². The summed E-state index contributed by atoms with van der Waals surface area (Å²) < 4.78 is 0. The number of carbonyl (C=O) groups excluding carboxylic acids is 3. The molecule has 0 aliphatic heterocycles. The third-order valence-corrected chi connectivity index (χ3v) is 1.51. The Hall–Kier alpha value is -1.97. The summed E-state index contributed by atoms with van der Waals surface area (Å²) in [6.07, 6.45) is 6.67. The van der Waals surface area contributed by atoms with Crippen LogP contribution in [-0.2, 0) is 14.4 Å². The lowest BCUT2D eigenvalue weighted by Crippen LogP contribution is -2.30. The molecule has 80 valence electrons. The zero-order chi connectivity index (χ0) is 11.7. The van der Waals surface area contributed by atoms with Gasteiger partial charge in [-0.3, -0.25) is 14.4 Å².